The molecule has 0 saturated carbocycles. The molecule has 1 aromatic carbocycles. The average molecular weight is 375 g/mol. The summed E-state index contributed by atoms with van der Waals surface area (Å²) < 4.78 is 29.2. The Morgan fingerprint density at radius 3 is 2.67 bits per heavy atom. The number of sulfonamides is 1. The van der Waals surface area contributed by atoms with Gasteiger partial charge in [0.1, 0.15) is 6.54 Å². The molecule has 1 N–H and O–H groups in total. The molecule has 130 valence electrons. The van der Waals surface area contributed by atoms with Crippen LogP contribution >= 0.6 is 11.6 Å². The highest BCUT2D eigenvalue weighted by molar-refractivity contribution is 7.94. The van der Waals surface area contributed by atoms with E-state index in [0.29, 0.717) is 4.31 Å². The van der Waals surface area contributed by atoms with Gasteiger partial charge >= 0.3 is 5.97 Å². The minimum atomic E-state index is -3.74. The van der Waals surface area contributed by atoms with E-state index < -0.39 is 27.8 Å². The molecule has 0 aliphatic carbocycles. The van der Waals surface area contributed by atoms with Gasteiger partial charge in [-0.1, -0.05) is 11.6 Å². The highest BCUT2D eigenvalue weighted by Gasteiger charge is 2.36. The molecule has 8 nitrogen and oxygen atoms in total. The molecular weight excluding hydrogens is 360 g/mol. The van der Waals surface area contributed by atoms with E-state index in [2.05, 4.69) is 10.1 Å². The zero-order valence-electron chi connectivity index (χ0n) is 12.7. The number of halogens is 1. The lowest BCUT2D eigenvalue weighted by atomic mass is 10.2. The van der Waals surface area contributed by atoms with Gasteiger partial charge in [-0.3, -0.25) is 14.4 Å². The average Bonchev–Trinajstić information content (AvgIpc) is 2.79. The normalized spacial score (nSPS) is 16.1. The second-order valence-corrected chi connectivity index (χ2v) is 7.22. The largest absolute Gasteiger partial charge is 0.465 e. The number of ether oxygens (including phenoxy) is 1. The van der Waals surface area contributed by atoms with Crippen molar-refractivity contribution in [3.63, 3.8) is 0 Å². The maximum absolute atomic E-state index is 12.1. The van der Waals surface area contributed by atoms with Gasteiger partial charge in [0.2, 0.25) is 15.9 Å². The first-order valence-corrected chi connectivity index (χ1v) is 9.04. The molecule has 1 aliphatic heterocycles. The minimum Gasteiger partial charge on any atom is -0.465 e. The van der Waals surface area contributed by atoms with Crippen molar-refractivity contribution < 1.29 is 27.5 Å². The summed E-state index contributed by atoms with van der Waals surface area (Å²) in [5, 5.41) is 2.38. The van der Waals surface area contributed by atoms with E-state index in [-0.39, 0.29) is 41.6 Å². The fourth-order valence-electron chi connectivity index (χ4n) is 2.14. The highest BCUT2D eigenvalue weighted by atomic mass is 35.5. The lowest BCUT2D eigenvalue weighted by molar-refractivity contribution is -0.141. The molecule has 2 rings (SSSR count). The van der Waals surface area contributed by atoms with Crippen molar-refractivity contribution in [2.24, 2.45) is 0 Å². The topological polar surface area (TPSA) is 110 Å². The number of nitrogens with one attached hydrogen (secondary N) is 1. The summed E-state index contributed by atoms with van der Waals surface area (Å²) in [5.41, 5.74) is -0.0171. The lowest BCUT2D eigenvalue weighted by Crippen LogP contribution is -2.32. The number of anilines is 1. The van der Waals surface area contributed by atoms with E-state index in [0.717, 1.165) is 0 Å². The quantitative estimate of drug-likeness (QED) is 0.759. The van der Waals surface area contributed by atoms with Crippen LogP contribution in [0.25, 0.3) is 0 Å². The van der Waals surface area contributed by atoms with Crippen LogP contribution in [-0.4, -0.2) is 45.1 Å². The van der Waals surface area contributed by atoms with Crippen molar-refractivity contribution in [3.8, 4) is 0 Å². The molecule has 2 amide bonds. The first kappa shape index (κ1) is 18.2. The van der Waals surface area contributed by atoms with Gasteiger partial charge in [-0.05, 0) is 25.1 Å². The van der Waals surface area contributed by atoms with Crippen LogP contribution in [0, 0.1) is 0 Å². The molecule has 1 saturated heterocycles. The summed E-state index contributed by atoms with van der Waals surface area (Å²) in [5.74, 6) is -2.15. The van der Waals surface area contributed by atoms with Crippen molar-refractivity contribution in [1.82, 2.24) is 5.32 Å². The Balaban J connectivity index is 2.24. The Labute approximate surface area is 143 Å². The molecule has 24 heavy (non-hydrogen) atoms. The second-order valence-electron chi connectivity index (χ2n) is 4.88. The Kier molecular flexibility index (Phi) is 5.45. The number of carbonyl (C=O) groups excluding carboxylic acids is 3. The number of nitrogens with zero attached hydrogens (tertiary/aromatic N) is 1. The zero-order chi connectivity index (χ0) is 17.9. The Hall–Kier alpha value is -2.13. The van der Waals surface area contributed by atoms with Gasteiger partial charge in [0, 0.05) is 6.42 Å². The van der Waals surface area contributed by atoms with Crippen molar-refractivity contribution in [1.29, 1.82) is 0 Å². The van der Waals surface area contributed by atoms with Crippen LogP contribution in [-0.2, 0) is 24.3 Å². The SMILES string of the molecule is CCOC(=O)CNC(=O)c1cc(N2C(=O)CCS2(=O)=O)ccc1Cl. The number of hydrogen-bond donors (Lipinski definition) is 1. The number of amides is 2. The van der Waals surface area contributed by atoms with E-state index in [9.17, 15) is 22.8 Å². The molecule has 1 fully saturated rings. The van der Waals surface area contributed by atoms with Crippen LogP contribution in [0.2, 0.25) is 5.02 Å². The summed E-state index contributed by atoms with van der Waals surface area (Å²) in [6, 6.07) is 3.85. The molecule has 0 atom stereocenters. The molecule has 0 unspecified atom stereocenters. The summed E-state index contributed by atoms with van der Waals surface area (Å²) in [6.07, 6.45) is -0.116. The van der Waals surface area contributed by atoms with Crippen molar-refractivity contribution in [2.75, 3.05) is 23.2 Å². The summed E-state index contributed by atoms with van der Waals surface area (Å²) >= 11 is 5.95. The van der Waals surface area contributed by atoms with Gasteiger partial charge < -0.3 is 10.1 Å². The van der Waals surface area contributed by atoms with Gasteiger partial charge in [-0.2, -0.15) is 0 Å². The lowest BCUT2D eigenvalue weighted by Gasteiger charge is -2.16. The monoisotopic (exact) mass is 374 g/mol. The van der Waals surface area contributed by atoms with E-state index >= 15 is 0 Å². The van der Waals surface area contributed by atoms with E-state index in [4.69, 9.17) is 11.6 Å². The molecule has 0 spiro atoms. The Morgan fingerprint density at radius 2 is 2.08 bits per heavy atom. The summed E-state index contributed by atoms with van der Waals surface area (Å²) in [7, 11) is -3.74. The van der Waals surface area contributed by atoms with E-state index in [1.807, 2.05) is 0 Å². The van der Waals surface area contributed by atoms with Crippen LogP contribution < -0.4 is 9.62 Å². The number of hydrogen-bond acceptors (Lipinski definition) is 6. The van der Waals surface area contributed by atoms with Gasteiger partial charge in [0.05, 0.1) is 28.6 Å². The maximum Gasteiger partial charge on any atom is 0.325 e. The van der Waals surface area contributed by atoms with Crippen molar-refractivity contribution in [2.45, 2.75) is 13.3 Å². The number of carbonyl (C=O) groups is 3. The molecule has 1 aliphatic rings. The van der Waals surface area contributed by atoms with E-state index in [1.54, 1.807) is 6.92 Å². The van der Waals surface area contributed by atoms with Crippen LogP contribution in [0.4, 0.5) is 5.69 Å². The highest BCUT2D eigenvalue weighted by Crippen LogP contribution is 2.29. The van der Waals surface area contributed by atoms with Crippen LogP contribution in [0.15, 0.2) is 18.2 Å². The third-order valence-corrected chi connectivity index (χ3v) is 5.23. The van der Waals surface area contributed by atoms with Crippen LogP contribution in [0.3, 0.4) is 0 Å². The molecule has 0 bridgehead atoms. The summed E-state index contributed by atoms with van der Waals surface area (Å²) in [4.78, 5) is 35.2. The van der Waals surface area contributed by atoms with Crippen LogP contribution in [0.1, 0.15) is 23.7 Å². The van der Waals surface area contributed by atoms with Gasteiger partial charge in [0.25, 0.3) is 5.91 Å². The fraction of sp³-hybridized carbons (Fsp3) is 0.357. The molecule has 0 aromatic heterocycles. The maximum atomic E-state index is 12.1. The molecule has 1 aromatic rings. The third kappa shape index (κ3) is 3.85. The zero-order valence-corrected chi connectivity index (χ0v) is 14.3. The standard InChI is InChI=1S/C14H15ClN2O6S/c1-2-23-13(19)8-16-14(20)10-7-9(3-4-11(10)15)17-12(18)5-6-24(17,21)22/h3-4,7H,2,5-6,8H2,1H3,(H,16,20). The van der Waals surface area contributed by atoms with Crippen LogP contribution in [0.5, 0.6) is 0 Å². The van der Waals surface area contributed by atoms with Crippen molar-refractivity contribution >= 4 is 45.1 Å². The fourth-order valence-corrected chi connectivity index (χ4v) is 3.80. The number of benzene rings is 1. The Morgan fingerprint density at radius 1 is 1.38 bits per heavy atom. The van der Waals surface area contributed by atoms with Gasteiger partial charge in [-0.25, -0.2) is 12.7 Å². The second kappa shape index (κ2) is 7.18. The summed E-state index contributed by atoms with van der Waals surface area (Å²) in [6.45, 7) is 1.46. The predicted octanol–water partition coefficient (Wildman–Crippen LogP) is 0.699. The smallest absolute Gasteiger partial charge is 0.325 e. The van der Waals surface area contributed by atoms with E-state index in [1.165, 1.54) is 18.2 Å². The Bertz CT molecular complexity index is 792. The first-order chi connectivity index (χ1) is 11.3. The minimum absolute atomic E-state index is 0.0307. The van der Waals surface area contributed by atoms with Gasteiger partial charge in [-0.15, -0.1) is 0 Å². The molecule has 1 heterocycles. The van der Waals surface area contributed by atoms with Gasteiger partial charge in [0.15, 0.2) is 0 Å². The molecule has 10 heteroatoms. The number of rotatable bonds is 5. The van der Waals surface area contributed by atoms with Crippen molar-refractivity contribution in [3.05, 3.63) is 28.8 Å². The predicted molar refractivity (Wildman–Crippen MR) is 86.3 cm³/mol. The first-order valence-electron chi connectivity index (χ1n) is 7.05. The number of esters is 1. The molecular formula is C14H15ClN2O6S. The molecule has 0 radical (unpaired) electrons. The third-order valence-electron chi connectivity index (χ3n) is 3.21.